The number of ether oxygens (including phenoxy) is 2. The summed E-state index contributed by atoms with van der Waals surface area (Å²) >= 11 is 0. The average Bonchev–Trinajstić information content (AvgIpc) is 2.24. The summed E-state index contributed by atoms with van der Waals surface area (Å²) in [6.07, 6.45) is 0. The fourth-order valence-corrected chi connectivity index (χ4v) is 2.21. The van der Waals surface area contributed by atoms with Crippen molar-refractivity contribution in [2.24, 2.45) is 5.41 Å². The van der Waals surface area contributed by atoms with Crippen LogP contribution in [0.25, 0.3) is 0 Å². The zero-order valence-corrected chi connectivity index (χ0v) is 12.2. The second kappa shape index (κ2) is 7.58. The lowest BCUT2D eigenvalue weighted by Gasteiger charge is -2.16. The van der Waals surface area contributed by atoms with Gasteiger partial charge in [0.15, 0.2) is 0 Å². The molecule has 0 N–H and O–H groups in total. The smallest absolute Gasteiger partial charge is 0.359 e. The van der Waals surface area contributed by atoms with Crippen molar-refractivity contribution in [1.29, 1.82) is 0 Å². The van der Waals surface area contributed by atoms with E-state index in [-0.39, 0.29) is 29.6 Å². The van der Waals surface area contributed by atoms with Crippen LogP contribution in [0, 0.1) is 5.41 Å². The molecule has 0 saturated carbocycles. The Morgan fingerprint density at radius 1 is 1.06 bits per heavy atom. The molecule has 0 saturated heterocycles. The van der Waals surface area contributed by atoms with Crippen LogP contribution in [0.4, 0.5) is 0 Å². The summed E-state index contributed by atoms with van der Waals surface area (Å²) in [6, 6.07) is 0. The molecule has 0 aromatic carbocycles. The first-order valence-corrected chi connectivity index (χ1v) is 7.51. The summed E-state index contributed by atoms with van der Waals surface area (Å²) in [4.78, 5) is 22.8. The second-order valence-electron chi connectivity index (χ2n) is 4.65. The van der Waals surface area contributed by atoms with Gasteiger partial charge in [-0.25, -0.2) is 4.79 Å². The van der Waals surface area contributed by atoms with E-state index in [1.54, 1.807) is 20.8 Å². The molecule has 0 atom stereocenters. The predicted octanol–water partition coefficient (Wildman–Crippen LogP) is 1.73. The number of hydrogen-bond donors (Lipinski definition) is 0. The minimum Gasteiger partial charge on any atom is -0.427 e. The molecule has 0 bridgehead atoms. The first-order chi connectivity index (χ1) is 7.81. The molecule has 5 heteroatoms. The van der Waals surface area contributed by atoms with E-state index in [0.717, 1.165) is 11.5 Å². The van der Waals surface area contributed by atoms with Gasteiger partial charge in [0.1, 0.15) is 11.5 Å². The first kappa shape index (κ1) is 16.3. The highest BCUT2D eigenvalue weighted by atomic mass is 32.2. The molecule has 0 spiro atoms. The SMILES string of the molecule is CC[S+](CC)CC(=O)OCOC(=O)C(C)(C)C. The molecule has 0 aliphatic heterocycles. The van der Waals surface area contributed by atoms with Crippen LogP contribution < -0.4 is 0 Å². The van der Waals surface area contributed by atoms with Gasteiger partial charge < -0.3 is 9.47 Å². The van der Waals surface area contributed by atoms with E-state index in [0.29, 0.717) is 5.75 Å². The molecule has 0 aliphatic carbocycles. The molecule has 0 fully saturated rings. The van der Waals surface area contributed by atoms with E-state index in [4.69, 9.17) is 9.47 Å². The molecule has 100 valence electrons. The lowest BCUT2D eigenvalue weighted by molar-refractivity contribution is -0.171. The molecule has 17 heavy (non-hydrogen) atoms. The van der Waals surface area contributed by atoms with E-state index >= 15 is 0 Å². The van der Waals surface area contributed by atoms with Gasteiger partial charge in [0.25, 0.3) is 0 Å². The van der Waals surface area contributed by atoms with Gasteiger partial charge in [-0.1, -0.05) is 0 Å². The summed E-state index contributed by atoms with van der Waals surface area (Å²) < 4.78 is 9.71. The van der Waals surface area contributed by atoms with Crippen LogP contribution in [0.3, 0.4) is 0 Å². The number of carbonyl (C=O) groups excluding carboxylic acids is 2. The van der Waals surface area contributed by atoms with Crippen molar-refractivity contribution in [2.75, 3.05) is 24.1 Å². The lowest BCUT2D eigenvalue weighted by atomic mass is 9.98. The topological polar surface area (TPSA) is 52.6 Å². The fraction of sp³-hybridized carbons (Fsp3) is 0.833. The van der Waals surface area contributed by atoms with E-state index in [1.807, 2.05) is 0 Å². The first-order valence-electron chi connectivity index (χ1n) is 5.78. The van der Waals surface area contributed by atoms with E-state index in [9.17, 15) is 9.59 Å². The summed E-state index contributed by atoms with van der Waals surface area (Å²) in [5, 5.41) is 0. The zero-order valence-electron chi connectivity index (χ0n) is 11.4. The maximum absolute atomic E-state index is 11.4. The molecule has 4 nitrogen and oxygen atoms in total. The van der Waals surface area contributed by atoms with Crippen molar-refractivity contribution in [3.05, 3.63) is 0 Å². The third kappa shape index (κ3) is 7.26. The van der Waals surface area contributed by atoms with Crippen molar-refractivity contribution in [3.8, 4) is 0 Å². The molecule has 0 aliphatic rings. The Bertz CT molecular complexity index is 254. The van der Waals surface area contributed by atoms with Crippen LogP contribution in [0.2, 0.25) is 0 Å². The average molecular weight is 263 g/mol. The minimum absolute atomic E-state index is 0.0852. The summed E-state index contributed by atoms with van der Waals surface area (Å²) in [6.45, 7) is 9.09. The monoisotopic (exact) mass is 263 g/mol. The quantitative estimate of drug-likeness (QED) is 0.416. The maximum atomic E-state index is 11.4. The highest BCUT2D eigenvalue weighted by molar-refractivity contribution is 7.97. The fourth-order valence-electron chi connectivity index (χ4n) is 0.982. The van der Waals surface area contributed by atoms with Gasteiger partial charge in [-0.05, 0) is 45.5 Å². The lowest BCUT2D eigenvalue weighted by Crippen LogP contribution is -2.27. The number of rotatable bonds is 6. The maximum Gasteiger partial charge on any atom is 0.359 e. The highest BCUT2D eigenvalue weighted by Crippen LogP contribution is 2.14. The standard InChI is InChI=1S/C12H23O4S/c1-6-17(7-2)8-10(13)15-9-16-11(14)12(3,4)5/h6-9H2,1-5H3/q+1. The van der Waals surface area contributed by atoms with Gasteiger partial charge in [0.05, 0.1) is 5.41 Å². The van der Waals surface area contributed by atoms with Crippen molar-refractivity contribution in [2.45, 2.75) is 34.6 Å². The summed E-state index contributed by atoms with van der Waals surface area (Å²) in [5.41, 5.74) is -0.566. The summed E-state index contributed by atoms with van der Waals surface area (Å²) in [5.74, 6) is 1.72. The molecule has 0 unspecified atom stereocenters. The Kier molecular flexibility index (Phi) is 7.27. The van der Waals surface area contributed by atoms with Crippen LogP contribution in [0.5, 0.6) is 0 Å². The Labute approximate surface area is 106 Å². The van der Waals surface area contributed by atoms with Crippen molar-refractivity contribution in [1.82, 2.24) is 0 Å². The normalized spacial score (nSPS) is 11.4. The molecule has 0 radical (unpaired) electrons. The van der Waals surface area contributed by atoms with Crippen molar-refractivity contribution < 1.29 is 19.1 Å². The van der Waals surface area contributed by atoms with Crippen LogP contribution >= 0.6 is 0 Å². The van der Waals surface area contributed by atoms with Crippen LogP contribution in [-0.2, 0) is 30.0 Å². The van der Waals surface area contributed by atoms with E-state index in [1.165, 1.54) is 0 Å². The molecule has 0 rings (SSSR count). The largest absolute Gasteiger partial charge is 0.427 e. The van der Waals surface area contributed by atoms with Gasteiger partial charge in [-0.3, -0.25) is 4.79 Å². The van der Waals surface area contributed by atoms with Gasteiger partial charge in [-0.2, -0.15) is 0 Å². The zero-order chi connectivity index (χ0) is 13.5. The number of esters is 2. The minimum atomic E-state index is -0.566. The van der Waals surface area contributed by atoms with E-state index < -0.39 is 5.41 Å². The van der Waals surface area contributed by atoms with Gasteiger partial charge in [-0.15, -0.1) is 0 Å². The third-order valence-electron chi connectivity index (χ3n) is 2.16. The van der Waals surface area contributed by atoms with Crippen LogP contribution in [0.1, 0.15) is 34.6 Å². The molecule has 0 aromatic rings. The predicted molar refractivity (Wildman–Crippen MR) is 69.8 cm³/mol. The third-order valence-corrected chi connectivity index (χ3v) is 4.44. The second-order valence-corrected chi connectivity index (χ2v) is 7.32. The Hall–Kier alpha value is -0.710. The molecular formula is C12H23O4S+. The van der Waals surface area contributed by atoms with Gasteiger partial charge in [0.2, 0.25) is 12.5 Å². The number of hydrogen-bond acceptors (Lipinski definition) is 4. The molecular weight excluding hydrogens is 240 g/mol. The molecule has 0 heterocycles. The highest BCUT2D eigenvalue weighted by Gasteiger charge is 2.24. The van der Waals surface area contributed by atoms with Crippen LogP contribution in [-0.4, -0.2) is 36.0 Å². The molecule has 0 amide bonds. The van der Waals surface area contributed by atoms with Crippen molar-refractivity contribution in [3.63, 3.8) is 0 Å². The van der Waals surface area contributed by atoms with E-state index in [2.05, 4.69) is 13.8 Å². The Morgan fingerprint density at radius 2 is 1.59 bits per heavy atom. The Balaban J connectivity index is 3.83. The van der Waals surface area contributed by atoms with Gasteiger partial charge >= 0.3 is 11.9 Å². The summed E-state index contributed by atoms with van der Waals surface area (Å²) in [7, 11) is 0.0852. The van der Waals surface area contributed by atoms with Crippen LogP contribution in [0.15, 0.2) is 0 Å². The van der Waals surface area contributed by atoms with Gasteiger partial charge in [0, 0.05) is 0 Å². The number of carbonyl (C=O) groups is 2. The Morgan fingerprint density at radius 3 is 2.00 bits per heavy atom. The van der Waals surface area contributed by atoms with Crippen molar-refractivity contribution >= 4 is 22.8 Å². The molecule has 0 aromatic heterocycles.